The van der Waals surface area contributed by atoms with Gasteiger partial charge >= 0.3 is 6.03 Å². The maximum atomic E-state index is 12.4. The second kappa shape index (κ2) is 8.19. The Morgan fingerprint density at radius 3 is 2.52 bits per heavy atom. The summed E-state index contributed by atoms with van der Waals surface area (Å²) in [7, 11) is 1.89. The number of hydrogen-bond acceptors (Lipinski definition) is 3. The van der Waals surface area contributed by atoms with Crippen LogP contribution < -0.4 is 5.32 Å². The third-order valence-corrected chi connectivity index (χ3v) is 5.73. The summed E-state index contributed by atoms with van der Waals surface area (Å²) in [5.74, 6) is 0.678. The first-order valence-electron chi connectivity index (χ1n) is 9.52. The number of nitrogens with one attached hydrogen (secondary N) is 1. The molecular formula is C20H31N3O2. The zero-order valence-corrected chi connectivity index (χ0v) is 15.4. The third-order valence-electron chi connectivity index (χ3n) is 5.73. The van der Waals surface area contributed by atoms with Gasteiger partial charge in [-0.3, -0.25) is 4.90 Å². The van der Waals surface area contributed by atoms with Crippen LogP contribution in [0.4, 0.5) is 4.79 Å². The number of likely N-dealkylation sites (tertiary alicyclic amines) is 1. The van der Waals surface area contributed by atoms with E-state index >= 15 is 0 Å². The van der Waals surface area contributed by atoms with Crippen molar-refractivity contribution in [2.45, 2.75) is 57.8 Å². The summed E-state index contributed by atoms with van der Waals surface area (Å²) in [6.45, 7) is 5.45. The number of nitrogens with zero attached hydrogens (tertiary/aromatic N) is 2. The summed E-state index contributed by atoms with van der Waals surface area (Å²) < 4.78 is 0. The van der Waals surface area contributed by atoms with Crippen LogP contribution in [-0.4, -0.2) is 53.2 Å². The molecule has 1 atom stereocenters. The molecule has 2 fully saturated rings. The average Bonchev–Trinajstić information content (AvgIpc) is 3.46. The Labute approximate surface area is 151 Å². The maximum Gasteiger partial charge on any atom is 0.317 e. The van der Waals surface area contributed by atoms with Crippen molar-refractivity contribution in [3.63, 3.8) is 0 Å². The molecule has 1 aliphatic carbocycles. The molecule has 2 N–H and O–H groups in total. The highest BCUT2D eigenvalue weighted by Crippen LogP contribution is 2.34. The van der Waals surface area contributed by atoms with Gasteiger partial charge in [0.15, 0.2) is 0 Å². The lowest BCUT2D eigenvalue weighted by Gasteiger charge is -2.30. The van der Waals surface area contributed by atoms with E-state index in [1.807, 2.05) is 18.0 Å². The van der Waals surface area contributed by atoms with Gasteiger partial charge in [0.2, 0.25) is 0 Å². The van der Waals surface area contributed by atoms with E-state index in [0.29, 0.717) is 18.5 Å². The molecule has 0 spiro atoms. The Bertz CT molecular complexity index is 580. The molecule has 1 heterocycles. The van der Waals surface area contributed by atoms with Crippen molar-refractivity contribution in [3.05, 3.63) is 35.4 Å². The molecule has 2 aliphatic rings. The molecule has 138 valence electrons. The van der Waals surface area contributed by atoms with E-state index in [1.54, 1.807) is 0 Å². The molecule has 1 aliphatic heterocycles. The third kappa shape index (κ3) is 4.95. The molecule has 1 unspecified atom stereocenters. The van der Waals surface area contributed by atoms with Crippen LogP contribution in [0.25, 0.3) is 0 Å². The van der Waals surface area contributed by atoms with Gasteiger partial charge < -0.3 is 15.3 Å². The Balaban J connectivity index is 1.54. The van der Waals surface area contributed by atoms with Crippen LogP contribution in [-0.2, 0) is 13.1 Å². The van der Waals surface area contributed by atoms with E-state index in [0.717, 1.165) is 32.5 Å². The molecule has 3 rings (SSSR count). The number of urea groups is 1. The molecule has 5 nitrogen and oxygen atoms in total. The van der Waals surface area contributed by atoms with Crippen LogP contribution in [0.15, 0.2) is 24.3 Å². The summed E-state index contributed by atoms with van der Waals surface area (Å²) in [4.78, 5) is 16.6. The lowest BCUT2D eigenvalue weighted by atomic mass is 10.0. The standard InChI is InChI=1S/C20H31N3O2/c1-15(16-7-8-16)22(2)20(25)21-13-17-5-3-4-6-18(17)14-23-11-9-19(24)10-12-23/h3-6,15-16,19,24H,7-14H2,1-2H3,(H,21,25). The second-order valence-corrected chi connectivity index (χ2v) is 7.62. The fourth-order valence-electron chi connectivity index (χ4n) is 3.58. The quantitative estimate of drug-likeness (QED) is 0.833. The maximum absolute atomic E-state index is 12.4. The normalized spacial score (nSPS) is 20.3. The van der Waals surface area contributed by atoms with Crippen LogP contribution in [0.3, 0.4) is 0 Å². The number of carbonyl (C=O) groups is 1. The molecule has 0 bridgehead atoms. The van der Waals surface area contributed by atoms with Gasteiger partial charge in [0.05, 0.1) is 6.10 Å². The van der Waals surface area contributed by atoms with E-state index in [2.05, 4.69) is 35.3 Å². The summed E-state index contributed by atoms with van der Waals surface area (Å²) in [5.41, 5.74) is 2.44. The Morgan fingerprint density at radius 1 is 1.24 bits per heavy atom. The van der Waals surface area contributed by atoms with Crippen molar-refractivity contribution in [1.29, 1.82) is 0 Å². The lowest BCUT2D eigenvalue weighted by molar-refractivity contribution is 0.0791. The number of rotatable bonds is 6. The van der Waals surface area contributed by atoms with Crippen LogP contribution in [0.1, 0.15) is 43.7 Å². The first kappa shape index (κ1) is 18.2. The zero-order valence-electron chi connectivity index (χ0n) is 15.4. The van der Waals surface area contributed by atoms with Crippen molar-refractivity contribution < 1.29 is 9.90 Å². The summed E-state index contributed by atoms with van der Waals surface area (Å²) in [5, 5.41) is 12.7. The predicted molar refractivity (Wildman–Crippen MR) is 99.1 cm³/mol. The Morgan fingerprint density at radius 2 is 1.88 bits per heavy atom. The molecule has 2 amide bonds. The number of carbonyl (C=O) groups excluding carboxylic acids is 1. The predicted octanol–water partition coefficient (Wildman–Crippen LogP) is 2.58. The molecule has 1 aromatic rings. The van der Waals surface area contributed by atoms with E-state index in [4.69, 9.17) is 0 Å². The minimum absolute atomic E-state index is 0.00954. The van der Waals surface area contributed by atoms with Crippen molar-refractivity contribution in [2.24, 2.45) is 5.92 Å². The van der Waals surface area contributed by atoms with Crippen LogP contribution in [0.2, 0.25) is 0 Å². The van der Waals surface area contributed by atoms with Gasteiger partial charge in [-0.25, -0.2) is 4.79 Å². The second-order valence-electron chi connectivity index (χ2n) is 7.62. The van der Waals surface area contributed by atoms with Crippen molar-refractivity contribution in [2.75, 3.05) is 20.1 Å². The SMILES string of the molecule is CC(C1CC1)N(C)C(=O)NCc1ccccc1CN1CCC(O)CC1. The number of aliphatic hydroxyl groups is 1. The van der Waals surface area contributed by atoms with Crippen LogP contribution in [0.5, 0.6) is 0 Å². The van der Waals surface area contributed by atoms with Gasteiger partial charge in [-0.15, -0.1) is 0 Å². The molecular weight excluding hydrogens is 314 g/mol. The highest BCUT2D eigenvalue weighted by Gasteiger charge is 2.32. The van der Waals surface area contributed by atoms with Crippen molar-refractivity contribution in [3.8, 4) is 0 Å². The molecule has 1 saturated carbocycles. The minimum Gasteiger partial charge on any atom is -0.393 e. The van der Waals surface area contributed by atoms with E-state index in [-0.39, 0.29) is 12.1 Å². The zero-order chi connectivity index (χ0) is 17.8. The molecule has 1 aromatic carbocycles. The van der Waals surface area contributed by atoms with E-state index in [9.17, 15) is 9.90 Å². The molecule has 1 saturated heterocycles. The molecule has 0 radical (unpaired) electrons. The lowest BCUT2D eigenvalue weighted by Crippen LogP contribution is -2.43. The first-order chi connectivity index (χ1) is 12.0. The number of amides is 2. The number of aliphatic hydroxyl groups excluding tert-OH is 1. The van der Waals surface area contributed by atoms with Crippen LogP contribution >= 0.6 is 0 Å². The highest BCUT2D eigenvalue weighted by molar-refractivity contribution is 5.74. The van der Waals surface area contributed by atoms with Crippen molar-refractivity contribution in [1.82, 2.24) is 15.1 Å². The minimum atomic E-state index is -0.144. The average molecular weight is 345 g/mol. The van der Waals surface area contributed by atoms with Gasteiger partial charge in [-0.2, -0.15) is 0 Å². The van der Waals surface area contributed by atoms with Gasteiger partial charge in [0.25, 0.3) is 0 Å². The first-order valence-corrected chi connectivity index (χ1v) is 9.52. The monoisotopic (exact) mass is 345 g/mol. The Hall–Kier alpha value is -1.59. The van der Waals surface area contributed by atoms with Gasteiger partial charge in [0, 0.05) is 39.3 Å². The smallest absolute Gasteiger partial charge is 0.317 e. The summed E-state index contributed by atoms with van der Waals surface area (Å²) >= 11 is 0. The number of hydrogen-bond donors (Lipinski definition) is 2. The van der Waals surface area contributed by atoms with Gasteiger partial charge in [-0.05, 0) is 49.7 Å². The number of benzene rings is 1. The summed E-state index contributed by atoms with van der Waals surface area (Å²) in [6, 6.07) is 8.65. The van der Waals surface area contributed by atoms with Crippen molar-refractivity contribution >= 4 is 6.03 Å². The topological polar surface area (TPSA) is 55.8 Å². The van der Waals surface area contributed by atoms with Crippen LogP contribution in [0, 0.1) is 5.92 Å². The van der Waals surface area contributed by atoms with E-state index in [1.165, 1.54) is 24.0 Å². The van der Waals surface area contributed by atoms with Gasteiger partial charge in [-0.1, -0.05) is 24.3 Å². The molecule has 25 heavy (non-hydrogen) atoms. The molecule has 5 heteroatoms. The Kier molecular flexibility index (Phi) is 5.97. The fourth-order valence-corrected chi connectivity index (χ4v) is 3.58. The molecule has 0 aromatic heterocycles. The summed E-state index contributed by atoms with van der Waals surface area (Å²) in [6.07, 6.45) is 4.04. The largest absolute Gasteiger partial charge is 0.393 e. The van der Waals surface area contributed by atoms with Gasteiger partial charge in [0.1, 0.15) is 0 Å². The number of piperidine rings is 1. The van der Waals surface area contributed by atoms with E-state index < -0.39 is 0 Å². The highest BCUT2D eigenvalue weighted by atomic mass is 16.3. The fraction of sp³-hybridized carbons (Fsp3) is 0.650.